The predicted octanol–water partition coefficient (Wildman–Crippen LogP) is 1.07. The van der Waals surface area contributed by atoms with Crippen molar-refractivity contribution in [3.63, 3.8) is 0 Å². The average molecular weight is 280 g/mol. The maximum Gasteiger partial charge on any atom is 0.378 e. The van der Waals surface area contributed by atoms with Gasteiger partial charge in [-0.3, -0.25) is 0 Å². The van der Waals surface area contributed by atoms with E-state index in [1.165, 1.54) is 16.8 Å². The van der Waals surface area contributed by atoms with Gasteiger partial charge in [-0.05, 0) is 29.5 Å². The van der Waals surface area contributed by atoms with Gasteiger partial charge in [-0.25, -0.2) is 13.9 Å². The molecule has 106 valence electrons. The summed E-state index contributed by atoms with van der Waals surface area (Å²) in [5, 5.41) is 10.6. The minimum atomic E-state index is -0.608. The van der Waals surface area contributed by atoms with Crippen LogP contribution in [0, 0.1) is 5.82 Å². The Kier molecular flexibility index (Phi) is 4.59. The first-order valence-electron chi connectivity index (χ1n) is 6.03. The second-order valence-corrected chi connectivity index (χ2v) is 3.72. The Morgan fingerprint density at radius 2 is 2.20 bits per heavy atom. The van der Waals surface area contributed by atoms with E-state index in [4.69, 9.17) is 9.47 Å². The molecule has 0 fully saturated rings. The molecule has 1 heterocycles. The SMILES string of the molecule is CCOC(=O)c1nnnn1CCOc1ccccc1F. The minimum Gasteiger partial charge on any atom is -0.489 e. The van der Waals surface area contributed by atoms with Crippen LogP contribution in [0.2, 0.25) is 0 Å². The van der Waals surface area contributed by atoms with Crippen LogP contribution in [-0.2, 0) is 11.3 Å². The fraction of sp³-hybridized carbons (Fsp3) is 0.333. The van der Waals surface area contributed by atoms with Crippen LogP contribution in [0.4, 0.5) is 4.39 Å². The highest BCUT2D eigenvalue weighted by molar-refractivity contribution is 5.85. The maximum absolute atomic E-state index is 13.3. The van der Waals surface area contributed by atoms with E-state index >= 15 is 0 Å². The molecule has 0 atom stereocenters. The summed E-state index contributed by atoms with van der Waals surface area (Å²) in [6.45, 7) is 2.25. The summed E-state index contributed by atoms with van der Waals surface area (Å²) in [6, 6.07) is 6.06. The average Bonchev–Trinajstić information content (AvgIpc) is 2.90. The monoisotopic (exact) mass is 280 g/mol. The molecule has 0 aliphatic rings. The van der Waals surface area contributed by atoms with Crippen LogP contribution in [0.1, 0.15) is 17.5 Å². The molecule has 0 aliphatic heterocycles. The summed E-state index contributed by atoms with van der Waals surface area (Å²) in [5.74, 6) is -0.930. The molecule has 20 heavy (non-hydrogen) atoms. The fourth-order valence-corrected chi connectivity index (χ4v) is 1.50. The Labute approximate surface area is 114 Å². The first-order chi connectivity index (χ1) is 9.72. The van der Waals surface area contributed by atoms with E-state index in [1.807, 2.05) is 0 Å². The van der Waals surface area contributed by atoms with Crippen molar-refractivity contribution in [2.45, 2.75) is 13.5 Å². The van der Waals surface area contributed by atoms with Crippen molar-refractivity contribution < 1.29 is 18.7 Å². The lowest BCUT2D eigenvalue weighted by atomic mass is 10.3. The Morgan fingerprint density at radius 3 is 2.95 bits per heavy atom. The van der Waals surface area contributed by atoms with E-state index in [0.29, 0.717) is 0 Å². The highest BCUT2D eigenvalue weighted by atomic mass is 19.1. The van der Waals surface area contributed by atoms with Crippen molar-refractivity contribution in [1.82, 2.24) is 20.2 Å². The van der Waals surface area contributed by atoms with Crippen molar-refractivity contribution in [3.8, 4) is 5.75 Å². The van der Waals surface area contributed by atoms with Crippen LogP contribution in [0.5, 0.6) is 5.75 Å². The van der Waals surface area contributed by atoms with Crippen molar-refractivity contribution in [2.75, 3.05) is 13.2 Å². The topological polar surface area (TPSA) is 79.1 Å². The second kappa shape index (κ2) is 6.60. The van der Waals surface area contributed by atoms with Gasteiger partial charge >= 0.3 is 5.97 Å². The number of nitrogens with zero attached hydrogens (tertiary/aromatic N) is 4. The first kappa shape index (κ1) is 13.9. The van der Waals surface area contributed by atoms with Gasteiger partial charge in [-0.2, -0.15) is 0 Å². The summed E-state index contributed by atoms with van der Waals surface area (Å²) in [4.78, 5) is 11.5. The molecule has 0 amide bonds. The quantitative estimate of drug-likeness (QED) is 0.736. The number of aromatic nitrogens is 4. The van der Waals surface area contributed by atoms with E-state index in [0.717, 1.165) is 0 Å². The van der Waals surface area contributed by atoms with E-state index < -0.39 is 11.8 Å². The van der Waals surface area contributed by atoms with Crippen LogP contribution in [-0.4, -0.2) is 39.4 Å². The van der Waals surface area contributed by atoms with Gasteiger partial charge in [0.15, 0.2) is 11.6 Å². The van der Waals surface area contributed by atoms with Gasteiger partial charge in [0.05, 0.1) is 13.2 Å². The molecule has 0 saturated carbocycles. The van der Waals surface area contributed by atoms with Crippen molar-refractivity contribution in [3.05, 3.63) is 35.9 Å². The van der Waals surface area contributed by atoms with Crippen LogP contribution < -0.4 is 4.74 Å². The number of benzene rings is 1. The molecule has 2 rings (SSSR count). The molecule has 7 nitrogen and oxygen atoms in total. The molecule has 0 radical (unpaired) electrons. The third-order valence-corrected chi connectivity index (χ3v) is 2.39. The second-order valence-electron chi connectivity index (χ2n) is 3.72. The van der Waals surface area contributed by atoms with Crippen LogP contribution in [0.3, 0.4) is 0 Å². The lowest BCUT2D eigenvalue weighted by Gasteiger charge is -2.07. The third kappa shape index (κ3) is 3.28. The zero-order valence-corrected chi connectivity index (χ0v) is 10.8. The number of tetrazole rings is 1. The lowest BCUT2D eigenvalue weighted by molar-refractivity contribution is 0.0503. The molecule has 0 bridgehead atoms. The van der Waals surface area contributed by atoms with Crippen LogP contribution in [0.15, 0.2) is 24.3 Å². The van der Waals surface area contributed by atoms with E-state index in [1.54, 1.807) is 19.1 Å². The minimum absolute atomic E-state index is 0.0102. The van der Waals surface area contributed by atoms with Gasteiger partial charge in [0.2, 0.25) is 0 Å². The number of halogens is 1. The molecule has 0 aliphatic carbocycles. The number of rotatable bonds is 6. The molecule has 0 spiro atoms. The van der Waals surface area contributed by atoms with Crippen molar-refractivity contribution in [1.29, 1.82) is 0 Å². The fourth-order valence-electron chi connectivity index (χ4n) is 1.50. The number of esters is 1. The maximum atomic E-state index is 13.3. The first-order valence-corrected chi connectivity index (χ1v) is 6.03. The highest BCUT2D eigenvalue weighted by Crippen LogP contribution is 2.15. The van der Waals surface area contributed by atoms with Gasteiger partial charge in [-0.15, -0.1) is 5.10 Å². The number of carbonyl (C=O) groups is 1. The summed E-state index contributed by atoms with van der Waals surface area (Å²) in [6.07, 6.45) is 0. The van der Waals surface area contributed by atoms with Crippen LogP contribution >= 0.6 is 0 Å². The van der Waals surface area contributed by atoms with Gasteiger partial charge in [0, 0.05) is 0 Å². The molecular formula is C12H13FN4O3. The third-order valence-electron chi connectivity index (χ3n) is 2.39. The zero-order chi connectivity index (χ0) is 14.4. The number of para-hydroxylation sites is 1. The summed E-state index contributed by atoms with van der Waals surface area (Å²) in [5.41, 5.74) is 0. The molecule has 0 N–H and O–H groups in total. The molecule has 1 aromatic heterocycles. The van der Waals surface area contributed by atoms with Gasteiger partial charge in [-0.1, -0.05) is 12.1 Å². The summed E-state index contributed by atoms with van der Waals surface area (Å²) in [7, 11) is 0. The molecule has 0 unspecified atom stereocenters. The molecule has 1 aromatic carbocycles. The summed E-state index contributed by atoms with van der Waals surface area (Å²) >= 11 is 0. The van der Waals surface area contributed by atoms with Crippen molar-refractivity contribution >= 4 is 5.97 Å². The van der Waals surface area contributed by atoms with Gasteiger partial charge < -0.3 is 9.47 Å². The zero-order valence-electron chi connectivity index (χ0n) is 10.8. The lowest BCUT2D eigenvalue weighted by Crippen LogP contribution is -2.18. The molecular weight excluding hydrogens is 267 g/mol. The normalized spacial score (nSPS) is 10.3. The number of ether oxygens (including phenoxy) is 2. The predicted molar refractivity (Wildman–Crippen MR) is 65.7 cm³/mol. The molecule has 2 aromatic rings. The highest BCUT2D eigenvalue weighted by Gasteiger charge is 2.16. The van der Waals surface area contributed by atoms with Crippen LogP contribution in [0.25, 0.3) is 0 Å². The molecule has 0 saturated heterocycles. The Balaban J connectivity index is 1.93. The smallest absolute Gasteiger partial charge is 0.378 e. The Morgan fingerprint density at radius 1 is 1.40 bits per heavy atom. The van der Waals surface area contributed by atoms with E-state index in [9.17, 15) is 9.18 Å². The standard InChI is InChI=1S/C12H13FN4O3/c1-2-19-12(18)11-14-15-16-17(11)7-8-20-10-6-4-3-5-9(10)13/h3-6H,2,7-8H2,1H3. The Bertz CT molecular complexity index is 588. The van der Waals surface area contributed by atoms with Crippen molar-refractivity contribution in [2.24, 2.45) is 0 Å². The van der Waals surface area contributed by atoms with E-state index in [-0.39, 0.29) is 31.3 Å². The number of hydrogen-bond acceptors (Lipinski definition) is 6. The largest absolute Gasteiger partial charge is 0.489 e. The number of carbonyl (C=O) groups excluding carboxylic acids is 1. The summed E-state index contributed by atoms with van der Waals surface area (Å²) < 4.78 is 24.6. The van der Waals surface area contributed by atoms with Gasteiger partial charge in [0.1, 0.15) is 6.61 Å². The molecule has 8 heteroatoms. The van der Waals surface area contributed by atoms with Gasteiger partial charge in [0.25, 0.3) is 5.82 Å². The Hall–Kier alpha value is -2.51. The van der Waals surface area contributed by atoms with E-state index in [2.05, 4.69) is 15.5 Å². The number of hydrogen-bond donors (Lipinski definition) is 0.